The molecule has 2 rings (SSSR count). The standard InChI is InChI=1S/C14H14BrF2N3O/c1-2-3-18-6-9-7-19-14(20-8-9)21-12-5-10(15)4-11(16)13(12)17/h4-5,7-8,18H,2-3,6H2,1H3. The molecule has 0 spiro atoms. The summed E-state index contributed by atoms with van der Waals surface area (Å²) in [5, 5.41) is 3.21. The van der Waals surface area contributed by atoms with Crippen molar-refractivity contribution in [2.75, 3.05) is 6.54 Å². The Kier molecular flexibility index (Phi) is 5.58. The summed E-state index contributed by atoms with van der Waals surface area (Å²) >= 11 is 3.07. The van der Waals surface area contributed by atoms with Crippen LogP contribution in [0.2, 0.25) is 0 Å². The molecule has 1 aromatic carbocycles. The maximum Gasteiger partial charge on any atom is 0.321 e. The summed E-state index contributed by atoms with van der Waals surface area (Å²) in [7, 11) is 0. The van der Waals surface area contributed by atoms with Crippen LogP contribution in [0, 0.1) is 11.6 Å². The minimum atomic E-state index is -1.07. The molecule has 0 bridgehead atoms. The van der Waals surface area contributed by atoms with Crippen LogP contribution in [0.15, 0.2) is 29.0 Å². The van der Waals surface area contributed by atoms with Crippen molar-refractivity contribution in [3.63, 3.8) is 0 Å². The van der Waals surface area contributed by atoms with E-state index in [1.54, 1.807) is 12.4 Å². The second-order valence-electron chi connectivity index (χ2n) is 4.35. The molecule has 0 aliphatic heterocycles. The third kappa shape index (κ3) is 4.44. The fourth-order valence-electron chi connectivity index (χ4n) is 1.60. The number of benzene rings is 1. The van der Waals surface area contributed by atoms with Crippen LogP contribution in [0.25, 0.3) is 0 Å². The van der Waals surface area contributed by atoms with E-state index in [0.29, 0.717) is 11.0 Å². The van der Waals surface area contributed by atoms with Gasteiger partial charge in [-0.25, -0.2) is 14.4 Å². The average molecular weight is 358 g/mol. The Morgan fingerprint density at radius 3 is 2.62 bits per heavy atom. The zero-order valence-corrected chi connectivity index (χ0v) is 13.0. The first-order chi connectivity index (χ1) is 10.1. The van der Waals surface area contributed by atoms with E-state index in [9.17, 15) is 8.78 Å². The molecule has 1 heterocycles. The highest BCUT2D eigenvalue weighted by Crippen LogP contribution is 2.27. The third-order valence-corrected chi connectivity index (χ3v) is 3.06. The first-order valence-electron chi connectivity index (χ1n) is 6.44. The smallest absolute Gasteiger partial charge is 0.321 e. The van der Waals surface area contributed by atoms with Gasteiger partial charge in [-0.3, -0.25) is 0 Å². The van der Waals surface area contributed by atoms with Crippen molar-refractivity contribution in [2.45, 2.75) is 19.9 Å². The quantitative estimate of drug-likeness (QED) is 0.630. The molecule has 0 fully saturated rings. The van der Waals surface area contributed by atoms with Gasteiger partial charge in [-0.1, -0.05) is 22.9 Å². The molecule has 1 N–H and O–H groups in total. The zero-order chi connectivity index (χ0) is 15.2. The van der Waals surface area contributed by atoms with Gasteiger partial charge in [-0.2, -0.15) is 4.39 Å². The summed E-state index contributed by atoms with van der Waals surface area (Å²) in [6.45, 7) is 3.63. The number of nitrogens with zero attached hydrogens (tertiary/aromatic N) is 2. The van der Waals surface area contributed by atoms with Crippen LogP contribution in [0.3, 0.4) is 0 Å². The summed E-state index contributed by atoms with van der Waals surface area (Å²) < 4.78 is 32.3. The molecule has 0 atom stereocenters. The van der Waals surface area contributed by atoms with E-state index in [4.69, 9.17) is 4.74 Å². The van der Waals surface area contributed by atoms with Gasteiger partial charge in [-0.05, 0) is 25.1 Å². The summed E-state index contributed by atoms with van der Waals surface area (Å²) in [5.74, 6) is -2.34. The van der Waals surface area contributed by atoms with Crippen LogP contribution < -0.4 is 10.1 Å². The topological polar surface area (TPSA) is 47.0 Å². The Hall–Kier alpha value is -1.60. The molecule has 4 nitrogen and oxygen atoms in total. The normalized spacial score (nSPS) is 10.7. The Bertz CT molecular complexity index is 608. The summed E-state index contributed by atoms with van der Waals surface area (Å²) in [6, 6.07) is 2.30. The molecule has 112 valence electrons. The maximum atomic E-state index is 13.6. The van der Waals surface area contributed by atoms with E-state index in [0.717, 1.165) is 24.6 Å². The lowest BCUT2D eigenvalue weighted by molar-refractivity contribution is 0.392. The lowest BCUT2D eigenvalue weighted by Crippen LogP contribution is -2.14. The van der Waals surface area contributed by atoms with Crippen LogP contribution in [-0.2, 0) is 6.54 Å². The molecule has 1 aromatic heterocycles. The maximum absolute atomic E-state index is 13.6. The number of halogens is 3. The van der Waals surface area contributed by atoms with Crippen molar-refractivity contribution < 1.29 is 13.5 Å². The SMILES string of the molecule is CCCNCc1cnc(Oc2cc(Br)cc(F)c2F)nc1. The molecule has 21 heavy (non-hydrogen) atoms. The lowest BCUT2D eigenvalue weighted by atomic mass is 10.3. The van der Waals surface area contributed by atoms with Crippen molar-refractivity contribution in [3.8, 4) is 11.8 Å². The number of ether oxygens (including phenoxy) is 1. The van der Waals surface area contributed by atoms with Gasteiger partial charge in [0.05, 0.1) is 0 Å². The highest BCUT2D eigenvalue weighted by molar-refractivity contribution is 9.10. The van der Waals surface area contributed by atoms with Gasteiger partial charge in [0, 0.05) is 29.0 Å². The van der Waals surface area contributed by atoms with E-state index in [1.165, 1.54) is 6.07 Å². The molecule has 2 aromatic rings. The number of nitrogens with one attached hydrogen (secondary N) is 1. The monoisotopic (exact) mass is 357 g/mol. The summed E-state index contributed by atoms with van der Waals surface area (Å²) in [4.78, 5) is 7.95. The minimum absolute atomic E-state index is 0.0364. The number of hydrogen-bond acceptors (Lipinski definition) is 4. The molecule has 0 amide bonds. The van der Waals surface area contributed by atoms with Gasteiger partial charge in [0.1, 0.15) is 0 Å². The fourth-order valence-corrected chi connectivity index (χ4v) is 2.01. The van der Waals surface area contributed by atoms with Gasteiger partial charge >= 0.3 is 6.01 Å². The Labute approximate surface area is 129 Å². The largest absolute Gasteiger partial charge is 0.421 e. The Morgan fingerprint density at radius 2 is 1.95 bits per heavy atom. The Morgan fingerprint density at radius 1 is 1.24 bits per heavy atom. The van der Waals surface area contributed by atoms with Crippen LogP contribution in [-0.4, -0.2) is 16.5 Å². The Balaban J connectivity index is 2.07. The molecular weight excluding hydrogens is 344 g/mol. The van der Waals surface area contributed by atoms with Crippen LogP contribution >= 0.6 is 15.9 Å². The van der Waals surface area contributed by atoms with Gasteiger partial charge < -0.3 is 10.1 Å². The van der Waals surface area contributed by atoms with Gasteiger partial charge in [0.15, 0.2) is 11.6 Å². The molecule has 0 saturated heterocycles. The molecule has 0 aliphatic rings. The average Bonchev–Trinajstić information content (AvgIpc) is 2.46. The minimum Gasteiger partial charge on any atom is -0.421 e. The number of hydrogen-bond donors (Lipinski definition) is 1. The fraction of sp³-hybridized carbons (Fsp3) is 0.286. The third-order valence-electron chi connectivity index (χ3n) is 2.60. The molecule has 7 heteroatoms. The van der Waals surface area contributed by atoms with Crippen LogP contribution in [0.5, 0.6) is 11.8 Å². The van der Waals surface area contributed by atoms with E-state index in [1.807, 2.05) is 0 Å². The van der Waals surface area contributed by atoms with E-state index >= 15 is 0 Å². The van der Waals surface area contributed by atoms with Gasteiger partial charge in [0.2, 0.25) is 5.82 Å². The van der Waals surface area contributed by atoms with Crippen molar-refractivity contribution >= 4 is 15.9 Å². The van der Waals surface area contributed by atoms with Gasteiger partial charge in [-0.15, -0.1) is 0 Å². The van der Waals surface area contributed by atoms with Crippen molar-refractivity contribution in [2.24, 2.45) is 0 Å². The van der Waals surface area contributed by atoms with Gasteiger partial charge in [0.25, 0.3) is 0 Å². The molecule has 0 radical (unpaired) electrons. The molecular formula is C14H14BrF2N3O. The number of rotatable bonds is 6. The highest BCUT2D eigenvalue weighted by Gasteiger charge is 2.13. The first kappa shape index (κ1) is 15.8. The van der Waals surface area contributed by atoms with E-state index < -0.39 is 11.6 Å². The summed E-state index contributed by atoms with van der Waals surface area (Å²) in [5.41, 5.74) is 0.886. The highest BCUT2D eigenvalue weighted by atomic mass is 79.9. The molecule has 0 aliphatic carbocycles. The second-order valence-corrected chi connectivity index (χ2v) is 5.27. The second kappa shape index (κ2) is 7.42. The molecule has 0 unspecified atom stereocenters. The van der Waals surface area contributed by atoms with Crippen LogP contribution in [0.4, 0.5) is 8.78 Å². The van der Waals surface area contributed by atoms with Crippen molar-refractivity contribution in [1.29, 1.82) is 0 Å². The zero-order valence-electron chi connectivity index (χ0n) is 11.4. The molecule has 0 saturated carbocycles. The first-order valence-corrected chi connectivity index (χ1v) is 7.23. The van der Waals surface area contributed by atoms with E-state index in [2.05, 4.69) is 38.1 Å². The predicted octanol–water partition coefficient (Wildman–Crippen LogP) is 3.81. The van der Waals surface area contributed by atoms with E-state index in [-0.39, 0.29) is 11.8 Å². The van der Waals surface area contributed by atoms with Crippen molar-refractivity contribution in [3.05, 3.63) is 46.2 Å². The van der Waals surface area contributed by atoms with Crippen molar-refractivity contribution in [1.82, 2.24) is 15.3 Å². The van der Waals surface area contributed by atoms with Crippen LogP contribution in [0.1, 0.15) is 18.9 Å². The number of aromatic nitrogens is 2. The lowest BCUT2D eigenvalue weighted by Gasteiger charge is -2.07. The predicted molar refractivity (Wildman–Crippen MR) is 78.2 cm³/mol. The summed E-state index contributed by atoms with van der Waals surface area (Å²) in [6.07, 6.45) is 4.20.